The number of carbonyl (C=O) groups excluding carboxylic acids is 1. The van der Waals surface area contributed by atoms with Crippen molar-refractivity contribution in [2.24, 2.45) is 5.92 Å². The molecule has 0 aliphatic rings. The zero-order valence-electron chi connectivity index (χ0n) is 4.57. The van der Waals surface area contributed by atoms with E-state index in [0.717, 1.165) is 0 Å². The molecule has 0 bridgehead atoms. The number of rotatable bonds is 2. The quantitative estimate of drug-likeness (QED) is 0.502. The first-order valence-electron chi connectivity index (χ1n) is 2.27. The average molecular weight is 212 g/mol. The van der Waals surface area contributed by atoms with Gasteiger partial charge < -0.3 is 0 Å². The molecule has 0 aliphatic carbocycles. The largest absolute Gasteiger partial charge is 0.299 e. The predicted octanol–water partition coefficient (Wildman–Crippen LogP) is 1.65. The summed E-state index contributed by atoms with van der Waals surface area (Å²) in [5.74, 6) is 0.553. The fourth-order valence-electron chi connectivity index (χ4n) is 0.154. The monoisotopic (exact) mass is 212 g/mol. The van der Waals surface area contributed by atoms with Gasteiger partial charge in [-0.15, -0.1) is 0 Å². The van der Waals surface area contributed by atoms with E-state index in [-0.39, 0.29) is 5.92 Å². The first-order chi connectivity index (χ1) is 3.18. The van der Waals surface area contributed by atoms with Gasteiger partial charge in [0.2, 0.25) is 0 Å². The molecule has 2 heteroatoms. The van der Waals surface area contributed by atoms with Crippen molar-refractivity contribution in [3.63, 3.8) is 0 Å². The van der Waals surface area contributed by atoms with Crippen LogP contribution < -0.4 is 0 Å². The van der Waals surface area contributed by atoms with Gasteiger partial charge in [-0.2, -0.15) is 0 Å². The van der Waals surface area contributed by atoms with Gasteiger partial charge in [0.1, 0.15) is 5.78 Å². The second-order valence-electron chi connectivity index (χ2n) is 1.75. The molecule has 42 valence electrons. The molecule has 0 saturated heterocycles. The van der Waals surface area contributed by atoms with Gasteiger partial charge in [0.25, 0.3) is 0 Å². The summed E-state index contributed by atoms with van der Waals surface area (Å²) in [6, 6.07) is 0. The fraction of sp³-hybridized carbons (Fsp3) is 0.800. The highest BCUT2D eigenvalue weighted by atomic mass is 127. The molecule has 0 fully saturated rings. The lowest BCUT2D eigenvalue weighted by Crippen LogP contribution is -2.06. The van der Waals surface area contributed by atoms with Crippen LogP contribution in [0.1, 0.15) is 13.8 Å². The Balaban J connectivity index is 3.35. The van der Waals surface area contributed by atoms with Gasteiger partial charge in [-0.05, 0) is 0 Å². The SMILES string of the molecule is CC(C)C(=O)CI. The van der Waals surface area contributed by atoms with Crippen LogP contribution in [0.25, 0.3) is 0 Å². The molecular weight excluding hydrogens is 203 g/mol. The standard InChI is InChI=1S/C5H9IO/c1-4(2)5(7)3-6/h4H,3H2,1-2H3. The number of carbonyl (C=O) groups is 1. The van der Waals surface area contributed by atoms with Crippen LogP contribution in [0.3, 0.4) is 0 Å². The Bertz CT molecular complexity index is 68.5. The first kappa shape index (κ1) is 7.40. The van der Waals surface area contributed by atoms with Gasteiger partial charge >= 0.3 is 0 Å². The zero-order valence-corrected chi connectivity index (χ0v) is 6.73. The van der Waals surface area contributed by atoms with Crippen LogP contribution in [0.5, 0.6) is 0 Å². The lowest BCUT2D eigenvalue weighted by molar-refractivity contribution is -0.119. The van der Waals surface area contributed by atoms with Crippen LogP contribution in [0, 0.1) is 5.92 Å². The molecule has 0 unspecified atom stereocenters. The Morgan fingerprint density at radius 1 is 1.71 bits per heavy atom. The third-order valence-corrected chi connectivity index (χ3v) is 1.53. The molecule has 0 saturated carbocycles. The van der Waals surface area contributed by atoms with E-state index in [9.17, 15) is 4.79 Å². The van der Waals surface area contributed by atoms with E-state index >= 15 is 0 Å². The molecule has 0 radical (unpaired) electrons. The summed E-state index contributed by atoms with van der Waals surface area (Å²) in [5.41, 5.74) is 0. The normalized spacial score (nSPS) is 9.71. The summed E-state index contributed by atoms with van der Waals surface area (Å²) in [7, 11) is 0. The molecule has 0 aromatic carbocycles. The molecule has 0 spiro atoms. The number of hydrogen-bond acceptors (Lipinski definition) is 1. The number of hydrogen-bond donors (Lipinski definition) is 0. The van der Waals surface area contributed by atoms with E-state index in [1.54, 1.807) is 0 Å². The predicted molar refractivity (Wildman–Crippen MR) is 38.7 cm³/mol. The van der Waals surface area contributed by atoms with Gasteiger partial charge in [-0.3, -0.25) is 4.79 Å². The van der Waals surface area contributed by atoms with Crippen molar-refractivity contribution in [3.05, 3.63) is 0 Å². The Labute approximate surface area is 57.6 Å². The minimum absolute atomic E-state index is 0.219. The maximum Gasteiger partial charge on any atom is 0.145 e. The molecule has 0 heterocycles. The van der Waals surface area contributed by atoms with Gasteiger partial charge in [0.05, 0.1) is 4.43 Å². The Hall–Kier alpha value is 0.400. The molecule has 0 atom stereocenters. The van der Waals surface area contributed by atoms with Crippen molar-refractivity contribution in [2.75, 3.05) is 4.43 Å². The number of Topliss-reactive ketones (excluding diaryl/α,β-unsaturated/α-hetero) is 1. The van der Waals surface area contributed by atoms with Gasteiger partial charge in [-0.1, -0.05) is 36.4 Å². The molecule has 1 nitrogen and oxygen atoms in total. The summed E-state index contributed by atoms with van der Waals surface area (Å²) in [6.45, 7) is 3.84. The van der Waals surface area contributed by atoms with Crippen LogP contribution in [-0.4, -0.2) is 10.2 Å². The first-order valence-corrected chi connectivity index (χ1v) is 3.79. The van der Waals surface area contributed by atoms with E-state index < -0.39 is 0 Å². The van der Waals surface area contributed by atoms with E-state index in [4.69, 9.17) is 0 Å². The van der Waals surface area contributed by atoms with Crippen LogP contribution in [0.15, 0.2) is 0 Å². The summed E-state index contributed by atoms with van der Waals surface area (Å²) in [5, 5.41) is 0. The van der Waals surface area contributed by atoms with Crippen molar-refractivity contribution in [1.29, 1.82) is 0 Å². The summed E-state index contributed by atoms with van der Waals surface area (Å²) >= 11 is 2.08. The van der Waals surface area contributed by atoms with Crippen LogP contribution in [0.2, 0.25) is 0 Å². The molecule has 7 heavy (non-hydrogen) atoms. The fourth-order valence-corrected chi connectivity index (χ4v) is 1.04. The Kier molecular flexibility index (Phi) is 3.60. The molecule has 0 aliphatic heterocycles. The molecule has 0 aromatic rings. The van der Waals surface area contributed by atoms with Crippen molar-refractivity contribution in [1.82, 2.24) is 0 Å². The highest BCUT2D eigenvalue weighted by Gasteiger charge is 2.01. The molecule has 0 N–H and O–H groups in total. The summed E-state index contributed by atoms with van der Waals surface area (Å²) < 4.78 is 0.648. The Morgan fingerprint density at radius 2 is 2.14 bits per heavy atom. The van der Waals surface area contributed by atoms with E-state index in [0.29, 0.717) is 10.2 Å². The van der Waals surface area contributed by atoms with Crippen molar-refractivity contribution in [3.8, 4) is 0 Å². The van der Waals surface area contributed by atoms with Crippen molar-refractivity contribution in [2.45, 2.75) is 13.8 Å². The number of ketones is 1. The topological polar surface area (TPSA) is 17.1 Å². The van der Waals surface area contributed by atoms with Gasteiger partial charge in [-0.25, -0.2) is 0 Å². The highest BCUT2D eigenvalue weighted by molar-refractivity contribution is 14.1. The molecule has 0 amide bonds. The van der Waals surface area contributed by atoms with Crippen LogP contribution >= 0.6 is 22.6 Å². The second-order valence-corrected chi connectivity index (χ2v) is 2.52. The van der Waals surface area contributed by atoms with Crippen LogP contribution in [0.4, 0.5) is 0 Å². The smallest absolute Gasteiger partial charge is 0.145 e. The third-order valence-electron chi connectivity index (χ3n) is 0.776. The Morgan fingerprint density at radius 3 is 2.14 bits per heavy atom. The highest BCUT2D eigenvalue weighted by Crippen LogP contribution is 1.96. The minimum Gasteiger partial charge on any atom is -0.299 e. The van der Waals surface area contributed by atoms with Gasteiger partial charge in [0, 0.05) is 5.92 Å². The zero-order chi connectivity index (χ0) is 5.86. The summed E-state index contributed by atoms with van der Waals surface area (Å²) in [6.07, 6.45) is 0. The second kappa shape index (κ2) is 3.41. The maximum atomic E-state index is 10.5. The molecular formula is C5H9IO. The minimum atomic E-state index is 0.219. The third kappa shape index (κ3) is 3.02. The van der Waals surface area contributed by atoms with Gasteiger partial charge in [0.15, 0.2) is 0 Å². The lowest BCUT2D eigenvalue weighted by Gasteiger charge is -1.95. The molecule has 0 aromatic heterocycles. The number of halogens is 1. The maximum absolute atomic E-state index is 10.5. The van der Waals surface area contributed by atoms with E-state index in [1.807, 2.05) is 13.8 Å². The lowest BCUT2D eigenvalue weighted by atomic mass is 10.1. The summed E-state index contributed by atoms with van der Waals surface area (Å²) in [4.78, 5) is 10.5. The average Bonchev–Trinajstić information content (AvgIpc) is 1.65. The number of alkyl halides is 1. The van der Waals surface area contributed by atoms with Crippen molar-refractivity contribution >= 4 is 28.4 Å². The van der Waals surface area contributed by atoms with E-state index in [2.05, 4.69) is 22.6 Å². The van der Waals surface area contributed by atoms with Crippen LogP contribution in [-0.2, 0) is 4.79 Å². The van der Waals surface area contributed by atoms with Crippen molar-refractivity contribution < 1.29 is 4.79 Å². The molecule has 0 rings (SSSR count). The van der Waals surface area contributed by atoms with E-state index in [1.165, 1.54) is 0 Å².